The topological polar surface area (TPSA) is 72.7 Å². The summed E-state index contributed by atoms with van der Waals surface area (Å²) in [5, 5.41) is 18.7. The van der Waals surface area contributed by atoms with Crippen molar-refractivity contribution in [2.75, 3.05) is 7.05 Å². The highest BCUT2D eigenvalue weighted by atomic mass is 16.6. The highest BCUT2D eigenvalue weighted by Gasteiger charge is 2.52. The van der Waals surface area contributed by atoms with E-state index in [0.717, 1.165) is 30.3 Å². The second-order valence-electron chi connectivity index (χ2n) is 5.40. The lowest BCUT2D eigenvalue weighted by Crippen LogP contribution is -2.62. The Bertz CT molecular complexity index is 231. The lowest BCUT2D eigenvalue weighted by atomic mass is 9.95. The molecule has 2 unspecified atom stereocenters. The van der Waals surface area contributed by atoms with Crippen LogP contribution in [-0.2, 0) is 0 Å². The fourth-order valence-electron chi connectivity index (χ4n) is 3.50. The van der Waals surface area contributed by atoms with E-state index in [1.54, 1.807) is 0 Å². The highest BCUT2D eigenvalue weighted by molar-refractivity contribution is 4.86. The molecule has 0 aromatic heterocycles. The molecule has 0 aromatic carbocycles. The van der Waals surface area contributed by atoms with E-state index in [0.29, 0.717) is 6.04 Å². The maximum atomic E-state index is 9.69. The molecule has 0 aromatic rings. The van der Waals surface area contributed by atoms with E-state index in [9.17, 15) is 5.11 Å². The van der Waals surface area contributed by atoms with Crippen molar-refractivity contribution >= 4 is 0 Å². The third-order valence-electron chi connectivity index (χ3n) is 4.61. The molecule has 2 saturated heterocycles. The number of quaternary nitrogens is 1. The van der Waals surface area contributed by atoms with Crippen molar-refractivity contribution in [2.24, 2.45) is 5.34 Å². The van der Waals surface area contributed by atoms with Gasteiger partial charge in [0.2, 0.25) is 0 Å². The van der Waals surface area contributed by atoms with Crippen LogP contribution in [0.2, 0.25) is 0 Å². The van der Waals surface area contributed by atoms with Crippen molar-refractivity contribution in [2.45, 2.75) is 63.8 Å². The Hall–Kier alpha value is -0.680. The molecule has 0 aliphatic carbocycles. The van der Waals surface area contributed by atoms with Crippen molar-refractivity contribution in [3.63, 3.8) is 0 Å². The third kappa shape index (κ3) is 2.20. The summed E-state index contributed by atoms with van der Waals surface area (Å²) in [5.41, 5.74) is 0. The molecule has 2 fully saturated rings. The molecule has 2 heterocycles. The van der Waals surface area contributed by atoms with Gasteiger partial charge >= 0.3 is 0 Å². The third-order valence-corrected chi connectivity index (χ3v) is 4.61. The van der Waals surface area contributed by atoms with Crippen LogP contribution in [-0.4, -0.2) is 40.9 Å². The first-order valence-electron chi connectivity index (χ1n) is 5.95. The molecule has 16 heavy (non-hydrogen) atoms. The minimum atomic E-state index is -0.0116. The van der Waals surface area contributed by atoms with Gasteiger partial charge in [-0.15, -0.1) is 5.34 Å². The Balaban J connectivity index is 0.000000386. The monoisotopic (exact) mass is 230 g/mol. The Labute approximate surface area is 96.6 Å². The Morgan fingerprint density at radius 1 is 1.31 bits per heavy atom. The first-order valence-corrected chi connectivity index (χ1v) is 5.95. The van der Waals surface area contributed by atoms with E-state index in [2.05, 4.69) is 20.9 Å². The largest absolute Gasteiger partial charge is 0.444 e. The van der Waals surface area contributed by atoms with Crippen molar-refractivity contribution < 1.29 is 9.59 Å². The molecule has 2 bridgehead atoms. The van der Waals surface area contributed by atoms with Gasteiger partial charge in [0.15, 0.2) is 0 Å². The zero-order valence-corrected chi connectivity index (χ0v) is 10.3. The van der Waals surface area contributed by atoms with Gasteiger partial charge in [-0.05, 0) is 13.8 Å². The van der Waals surface area contributed by atoms with Gasteiger partial charge in [0.05, 0.1) is 31.3 Å². The van der Waals surface area contributed by atoms with Gasteiger partial charge in [-0.3, -0.25) is 0 Å². The molecule has 2 rings (SSSR count). The fourth-order valence-corrected chi connectivity index (χ4v) is 3.50. The summed E-state index contributed by atoms with van der Waals surface area (Å²) in [5.74, 6) is 0. The molecule has 0 amide bonds. The molecular formula is C11H22N2O3. The van der Waals surface area contributed by atoms with E-state index in [4.69, 9.17) is 10.1 Å². The Morgan fingerprint density at radius 3 is 2.00 bits per heavy atom. The second kappa shape index (κ2) is 5.10. The second-order valence-corrected chi connectivity index (χ2v) is 5.40. The maximum Gasteiger partial charge on any atom is 0.0919 e. The zero-order valence-electron chi connectivity index (χ0n) is 10.3. The minimum absolute atomic E-state index is 0.0116. The molecule has 4 atom stereocenters. The summed E-state index contributed by atoms with van der Waals surface area (Å²) in [7, 11) is 2.39. The predicted molar refractivity (Wildman–Crippen MR) is 62.5 cm³/mol. The number of nitrogens with zero attached hydrogens (tertiary/aromatic N) is 2. The first kappa shape index (κ1) is 13.4. The number of hydrogen-bond acceptors (Lipinski definition) is 4. The molecular weight excluding hydrogens is 208 g/mol. The van der Waals surface area contributed by atoms with E-state index in [1.165, 1.54) is 17.3 Å². The van der Waals surface area contributed by atoms with Gasteiger partial charge in [0.1, 0.15) is 0 Å². The molecule has 2 aliphatic rings. The standard InChI is InChI=1S/C11H22NO.HNO2/c1-8(2)12(3)9-4-5-10(12)7-11(13)6-9;2-1-3/h8-11,13H,4-7H2,1-3H3;(H,2,3)/q+1;/p-1/t9-,10+,11?,12?;. The number of fused-ring (bicyclic) bond motifs is 2. The first-order chi connectivity index (χ1) is 7.46. The summed E-state index contributed by atoms with van der Waals surface area (Å²) in [6, 6.07) is 2.17. The van der Waals surface area contributed by atoms with Gasteiger partial charge in [-0.2, -0.15) is 0 Å². The maximum absolute atomic E-state index is 9.69. The van der Waals surface area contributed by atoms with Crippen LogP contribution in [0.3, 0.4) is 0 Å². The van der Waals surface area contributed by atoms with E-state index >= 15 is 0 Å². The van der Waals surface area contributed by atoms with Crippen molar-refractivity contribution in [1.29, 1.82) is 0 Å². The van der Waals surface area contributed by atoms with Crippen LogP contribution >= 0.6 is 0 Å². The van der Waals surface area contributed by atoms with Crippen molar-refractivity contribution in [1.82, 2.24) is 0 Å². The van der Waals surface area contributed by atoms with Gasteiger partial charge in [-0.25, -0.2) is 0 Å². The minimum Gasteiger partial charge on any atom is -0.444 e. The highest BCUT2D eigenvalue weighted by Crippen LogP contribution is 2.42. The summed E-state index contributed by atoms with van der Waals surface area (Å²) >= 11 is 0. The van der Waals surface area contributed by atoms with Crippen LogP contribution in [0.25, 0.3) is 0 Å². The molecule has 0 saturated carbocycles. The molecule has 0 radical (unpaired) electrons. The number of hydrogen-bond donors (Lipinski definition) is 1. The van der Waals surface area contributed by atoms with Crippen molar-refractivity contribution in [3.8, 4) is 0 Å². The van der Waals surface area contributed by atoms with E-state index in [-0.39, 0.29) is 6.10 Å². The molecule has 2 aliphatic heterocycles. The summed E-state index contributed by atoms with van der Waals surface area (Å²) < 4.78 is 1.22. The smallest absolute Gasteiger partial charge is 0.0919 e. The molecule has 94 valence electrons. The Kier molecular flexibility index (Phi) is 4.27. The molecule has 1 N–H and O–H groups in total. The van der Waals surface area contributed by atoms with E-state index in [1.807, 2.05) is 0 Å². The molecule has 5 nitrogen and oxygen atoms in total. The average molecular weight is 230 g/mol. The number of aliphatic hydroxyl groups excluding tert-OH is 1. The zero-order chi connectivity index (χ0) is 12.3. The van der Waals surface area contributed by atoms with Crippen LogP contribution in [0.15, 0.2) is 5.34 Å². The number of piperidine rings is 1. The fraction of sp³-hybridized carbons (Fsp3) is 1.00. The lowest BCUT2D eigenvalue weighted by molar-refractivity contribution is -0.968. The lowest BCUT2D eigenvalue weighted by Gasteiger charge is -2.49. The molecule has 5 heteroatoms. The number of aliphatic hydroxyl groups is 1. The van der Waals surface area contributed by atoms with Crippen LogP contribution in [0.1, 0.15) is 39.5 Å². The normalized spacial score (nSPS) is 41.4. The molecule has 0 spiro atoms. The summed E-state index contributed by atoms with van der Waals surface area (Å²) in [6.45, 7) is 4.64. The Morgan fingerprint density at radius 2 is 1.69 bits per heavy atom. The summed E-state index contributed by atoms with van der Waals surface area (Å²) in [6.07, 6.45) is 4.71. The van der Waals surface area contributed by atoms with Gasteiger partial charge < -0.3 is 19.7 Å². The van der Waals surface area contributed by atoms with E-state index < -0.39 is 0 Å². The van der Waals surface area contributed by atoms with Crippen LogP contribution in [0.4, 0.5) is 0 Å². The van der Waals surface area contributed by atoms with Crippen molar-refractivity contribution in [3.05, 3.63) is 10.1 Å². The van der Waals surface area contributed by atoms with Crippen LogP contribution in [0.5, 0.6) is 0 Å². The SMILES string of the molecule is CC(C)[N+]1(C)[C@@H]2CC[C@H]1CC(O)C2.O=N[O-]. The van der Waals surface area contributed by atoms with Gasteiger partial charge in [-0.1, -0.05) is 0 Å². The van der Waals surface area contributed by atoms with Crippen LogP contribution < -0.4 is 0 Å². The average Bonchev–Trinajstić information content (AvgIpc) is 2.41. The quantitative estimate of drug-likeness (QED) is 0.424. The summed E-state index contributed by atoms with van der Waals surface area (Å²) in [4.78, 5) is 8.00. The van der Waals surface area contributed by atoms with Gasteiger partial charge in [0, 0.05) is 25.7 Å². The number of rotatable bonds is 1. The predicted octanol–water partition coefficient (Wildman–Crippen LogP) is 1.78. The van der Waals surface area contributed by atoms with Crippen LogP contribution in [0, 0.1) is 10.1 Å². The van der Waals surface area contributed by atoms with Gasteiger partial charge in [0.25, 0.3) is 0 Å².